The monoisotopic (exact) mass is 287 g/mol. The second-order valence-corrected chi connectivity index (χ2v) is 3.62. The highest BCUT2D eigenvalue weighted by atomic mass is 35.5. The van der Waals surface area contributed by atoms with Gasteiger partial charge < -0.3 is 9.47 Å². The minimum Gasteiger partial charge on any atom is -0.464 e. The lowest BCUT2D eigenvalue weighted by molar-refractivity contribution is 0.301. The van der Waals surface area contributed by atoms with Crippen LogP contribution in [0.1, 0.15) is 6.92 Å². The third-order valence-corrected chi connectivity index (χ3v) is 2.10. The van der Waals surface area contributed by atoms with Crippen LogP contribution in [0.2, 0.25) is 5.28 Å². The van der Waals surface area contributed by atoms with Gasteiger partial charge in [0.15, 0.2) is 11.6 Å². The van der Waals surface area contributed by atoms with Gasteiger partial charge in [0.25, 0.3) is 0 Å². The molecule has 0 saturated carbocycles. The van der Waals surface area contributed by atoms with E-state index in [4.69, 9.17) is 21.1 Å². The van der Waals surface area contributed by atoms with Gasteiger partial charge in [0.2, 0.25) is 5.28 Å². The molecular formula is C11H8ClF2N3O2. The Kier molecular flexibility index (Phi) is 4.06. The zero-order chi connectivity index (χ0) is 13.8. The Bertz CT molecular complexity index is 598. The first-order chi connectivity index (χ1) is 9.08. The van der Waals surface area contributed by atoms with Crippen LogP contribution in [0.15, 0.2) is 18.2 Å². The molecular weight excluding hydrogens is 280 g/mol. The van der Waals surface area contributed by atoms with Crippen LogP contribution in [0.3, 0.4) is 0 Å². The molecule has 0 aliphatic rings. The first-order valence-electron chi connectivity index (χ1n) is 5.25. The molecule has 0 spiro atoms. The summed E-state index contributed by atoms with van der Waals surface area (Å²) in [6.45, 7) is 2.04. The maximum Gasteiger partial charge on any atom is 0.329 e. The molecule has 0 N–H and O–H groups in total. The summed E-state index contributed by atoms with van der Waals surface area (Å²) in [7, 11) is 0. The van der Waals surface area contributed by atoms with E-state index in [1.54, 1.807) is 6.92 Å². The van der Waals surface area contributed by atoms with E-state index >= 15 is 0 Å². The SMILES string of the molecule is CCOc1nc(Cl)nc(Oc2cc(F)ccc2F)n1. The number of hydrogen-bond acceptors (Lipinski definition) is 5. The summed E-state index contributed by atoms with van der Waals surface area (Å²) < 4.78 is 36.4. The van der Waals surface area contributed by atoms with E-state index < -0.39 is 11.6 Å². The highest BCUT2D eigenvalue weighted by Gasteiger charge is 2.11. The standard InChI is InChI=1S/C11H8ClF2N3O2/c1-2-18-10-15-9(12)16-11(17-10)19-8-5-6(13)3-4-7(8)14/h3-5H,2H2,1H3. The van der Waals surface area contributed by atoms with Gasteiger partial charge in [-0.1, -0.05) is 0 Å². The number of nitrogens with zero attached hydrogens (tertiary/aromatic N) is 3. The average molecular weight is 288 g/mol. The first kappa shape index (κ1) is 13.4. The summed E-state index contributed by atoms with van der Waals surface area (Å²) in [5.74, 6) is -1.76. The van der Waals surface area contributed by atoms with Crippen LogP contribution in [0.5, 0.6) is 17.8 Å². The Labute approximate surface area is 112 Å². The van der Waals surface area contributed by atoms with Crippen LogP contribution in [-0.2, 0) is 0 Å². The van der Waals surface area contributed by atoms with Crippen molar-refractivity contribution in [2.75, 3.05) is 6.61 Å². The summed E-state index contributed by atoms with van der Waals surface area (Å²) in [4.78, 5) is 11.1. The van der Waals surface area contributed by atoms with E-state index in [-0.39, 0.29) is 23.1 Å². The molecule has 0 aliphatic heterocycles. The van der Waals surface area contributed by atoms with Crippen molar-refractivity contribution in [3.8, 4) is 17.8 Å². The highest BCUT2D eigenvalue weighted by Crippen LogP contribution is 2.24. The normalized spacial score (nSPS) is 10.3. The summed E-state index contributed by atoms with van der Waals surface area (Å²) in [6, 6.07) is 2.42. The van der Waals surface area contributed by atoms with Gasteiger partial charge >= 0.3 is 12.0 Å². The van der Waals surface area contributed by atoms with Gasteiger partial charge in [-0.15, -0.1) is 4.98 Å². The van der Waals surface area contributed by atoms with Crippen LogP contribution >= 0.6 is 11.6 Å². The maximum atomic E-state index is 13.4. The van der Waals surface area contributed by atoms with Crippen molar-refractivity contribution in [3.63, 3.8) is 0 Å². The van der Waals surface area contributed by atoms with Crippen LogP contribution in [0, 0.1) is 11.6 Å². The summed E-state index contributed by atoms with van der Waals surface area (Å²) in [5, 5.41) is -0.176. The van der Waals surface area contributed by atoms with Crippen molar-refractivity contribution in [2.24, 2.45) is 0 Å². The quantitative estimate of drug-likeness (QED) is 0.865. The molecule has 8 heteroatoms. The average Bonchev–Trinajstić information content (AvgIpc) is 2.33. The van der Waals surface area contributed by atoms with Gasteiger partial charge in [0.05, 0.1) is 6.61 Å². The second kappa shape index (κ2) is 5.75. The number of ether oxygens (including phenoxy) is 2. The number of halogens is 3. The highest BCUT2D eigenvalue weighted by molar-refractivity contribution is 6.28. The fourth-order valence-corrected chi connectivity index (χ4v) is 1.35. The molecule has 0 aliphatic carbocycles. The Balaban J connectivity index is 2.29. The third-order valence-electron chi connectivity index (χ3n) is 1.94. The Hall–Kier alpha value is -2.02. The van der Waals surface area contributed by atoms with Crippen LogP contribution in [0.4, 0.5) is 8.78 Å². The molecule has 100 valence electrons. The topological polar surface area (TPSA) is 57.1 Å². The van der Waals surface area contributed by atoms with E-state index in [0.717, 1.165) is 18.2 Å². The molecule has 0 unspecified atom stereocenters. The molecule has 0 saturated heterocycles. The van der Waals surface area contributed by atoms with Crippen molar-refractivity contribution in [2.45, 2.75) is 6.92 Å². The molecule has 19 heavy (non-hydrogen) atoms. The Morgan fingerprint density at radius 2 is 1.89 bits per heavy atom. The molecule has 2 aromatic rings. The van der Waals surface area contributed by atoms with Crippen LogP contribution in [0.25, 0.3) is 0 Å². The lowest BCUT2D eigenvalue weighted by atomic mass is 10.3. The number of hydrogen-bond donors (Lipinski definition) is 0. The Morgan fingerprint density at radius 1 is 1.16 bits per heavy atom. The van der Waals surface area contributed by atoms with E-state index in [1.165, 1.54) is 0 Å². The maximum absolute atomic E-state index is 13.4. The zero-order valence-corrected chi connectivity index (χ0v) is 10.5. The number of rotatable bonds is 4. The van der Waals surface area contributed by atoms with E-state index in [0.29, 0.717) is 6.61 Å². The number of benzene rings is 1. The molecule has 0 atom stereocenters. The first-order valence-corrected chi connectivity index (χ1v) is 5.63. The zero-order valence-electron chi connectivity index (χ0n) is 9.73. The molecule has 0 radical (unpaired) electrons. The molecule has 0 fully saturated rings. The van der Waals surface area contributed by atoms with Crippen molar-refractivity contribution < 1.29 is 18.3 Å². The van der Waals surface area contributed by atoms with E-state index in [1.807, 2.05) is 0 Å². The smallest absolute Gasteiger partial charge is 0.329 e. The van der Waals surface area contributed by atoms with Gasteiger partial charge in [-0.2, -0.15) is 9.97 Å². The lowest BCUT2D eigenvalue weighted by Crippen LogP contribution is -2.02. The van der Waals surface area contributed by atoms with Crippen molar-refractivity contribution in [1.82, 2.24) is 15.0 Å². The van der Waals surface area contributed by atoms with Crippen molar-refractivity contribution in [1.29, 1.82) is 0 Å². The molecule has 2 rings (SSSR count). The molecule has 1 aromatic heterocycles. The van der Waals surface area contributed by atoms with Gasteiger partial charge in [0, 0.05) is 6.07 Å². The Morgan fingerprint density at radius 3 is 2.63 bits per heavy atom. The molecule has 0 bridgehead atoms. The number of aromatic nitrogens is 3. The molecule has 0 amide bonds. The van der Waals surface area contributed by atoms with Crippen LogP contribution in [-0.4, -0.2) is 21.6 Å². The second-order valence-electron chi connectivity index (χ2n) is 3.28. The van der Waals surface area contributed by atoms with Gasteiger partial charge in [-0.3, -0.25) is 0 Å². The fourth-order valence-electron chi connectivity index (χ4n) is 1.21. The van der Waals surface area contributed by atoms with E-state index in [2.05, 4.69) is 15.0 Å². The fraction of sp³-hybridized carbons (Fsp3) is 0.182. The van der Waals surface area contributed by atoms with E-state index in [9.17, 15) is 8.78 Å². The van der Waals surface area contributed by atoms with Gasteiger partial charge in [-0.25, -0.2) is 8.78 Å². The third kappa shape index (κ3) is 3.47. The molecule has 1 heterocycles. The van der Waals surface area contributed by atoms with Crippen molar-refractivity contribution in [3.05, 3.63) is 35.1 Å². The minimum absolute atomic E-state index is 0.0608. The molecule has 1 aromatic carbocycles. The van der Waals surface area contributed by atoms with Crippen molar-refractivity contribution >= 4 is 11.6 Å². The molecule has 5 nitrogen and oxygen atoms in total. The lowest BCUT2D eigenvalue weighted by Gasteiger charge is -2.06. The summed E-state index contributed by atoms with van der Waals surface area (Å²) in [5.41, 5.74) is 0. The predicted octanol–water partition coefficient (Wildman–Crippen LogP) is 2.99. The van der Waals surface area contributed by atoms with Gasteiger partial charge in [0.1, 0.15) is 5.82 Å². The predicted molar refractivity (Wildman–Crippen MR) is 62.4 cm³/mol. The summed E-state index contributed by atoms with van der Waals surface area (Å²) in [6.07, 6.45) is 0. The summed E-state index contributed by atoms with van der Waals surface area (Å²) >= 11 is 5.63. The minimum atomic E-state index is -0.754. The largest absolute Gasteiger partial charge is 0.464 e. The van der Waals surface area contributed by atoms with Gasteiger partial charge in [-0.05, 0) is 30.7 Å². The van der Waals surface area contributed by atoms with Crippen LogP contribution < -0.4 is 9.47 Å².